The fraction of sp³-hybridized carbons (Fsp3) is 0.316. The third kappa shape index (κ3) is 2.28. The van der Waals surface area contributed by atoms with Crippen LogP contribution >= 0.6 is 15.9 Å². The Labute approximate surface area is 139 Å². The van der Waals surface area contributed by atoms with E-state index in [2.05, 4.69) is 69.4 Å². The number of carbonyl (C=O) groups is 1. The number of anilines is 1. The molecule has 3 aliphatic rings. The summed E-state index contributed by atoms with van der Waals surface area (Å²) in [5, 5.41) is 0. The van der Waals surface area contributed by atoms with Gasteiger partial charge in [0.2, 0.25) is 0 Å². The van der Waals surface area contributed by atoms with Gasteiger partial charge < -0.3 is 4.90 Å². The molecule has 2 aromatic rings. The summed E-state index contributed by atoms with van der Waals surface area (Å²) in [4.78, 5) is 14.9. The van der Waals surface area contributed by atoms with Gasteiger partial charge in [0.15, 0.2) is 0 Å². The van der Waals surface area contributed by atoms with Crippen LogP contribution in [0, 0.1) is 5.92 Å². The summed E-state index contributed by atoms with van der Waals surface area (Å²) in [7, 11) is 0. The Morgan fingerprint density at radius 2 is 1.68 bits per heavy atom. The third-order valence-corrected chi connectivity index (χ3v) is 5.53. The minimum Gasteiger partial charge on any atom is -0.360 e. The predicted octanol–water partition coefficient (Wildman–Crippen LogP) is 4.75. The number of nitrogens with zero attached hydrogens (tertiary/aromatic N) is 1. The van der Waals surface area contributed by atoms with Crippen LogP contribution in [0.4, 0.5) is 5.69 Å². The molecule has 0 radical (unpaired) electrons. The smallest absolute Gasteiger partial charge is 0.140 e. The van der Waals surface area contributed by atoms with Gasteiger partial charge in [-0.1, -0.05) is 46.3 Å². The maximum Gasteiger partial charge on any atom is 0.140 e. The first kappa shape index (κ1) is 14.0. The molecule has 2 aliphatic heterocycles. The second kappa shape index (κ2) is 5.54. The lowest BCUT2D eigenvalue weighted by atomic mass is 9.71. The Bertz CT molecular complexity index is 682. The quantitative estimate of drug-likeness (QED) is 0.774. The van der Waals surface area contributed by atoms with E-state index in [1.54, 1.807) is 0 Å². The molecule has 3 heteroatoms. The highest BCUT2D eigenvalue weighted by atomic mass is 79.9. The SMILES string of the molecule is O=C1C[C@@H]2CC[C@H]1[C@H](c1ccccc1)N2c1ccc(Br)cc1. The molecule has 0 spiro atoms. The lowest BCUT2D eigenvalue weighted by Crippen LogP contribution is -2.54. The predicted molar refractivity (Wildman–Crippen MR) is 91.9 cm³/mol. The van der Waals surface area contributed by atoms with Crippen molar-refractivity contribution in [1.82, 2.24) is 0 Å². The average molecular weight is 356 g/mol. The van der Waals surface area contributed by atoms with E-state index in [1.165, 1.54) is 11.3 Å². The number of Topliss-reactive ketones (excluding diaryl/α,β-unsaturated/α-hetero) is 1. The zero-order valence-corrected chi connectivity index (χ0v) is 13.9. The van der Waals surface area contributed by atoms with Gasteiger partial charge in [-0.25, -0.2) is 0 Å². The highest BCUT2D eigenvalue weighted by Gasteiger charge is 2.47. The van der Waals surface area contributed by atoms with Crippen LogP contribution in [-0.2, 0) is 4.79 Å². The number of carbonyl (C=O) groups excluding carboxylic acids is 1. The normalized spacial score (nSPS) is 27.2. The molecule has 0 unspecified atom stereocenters. The van der Waals surface area contributed by atoms with E-state index in [9.17, 15) is 4.79 Å². The van der Waals surface area contributed by atoms with E-state index in [-0.39, 0.29) is 12.0 Å². The lowest BCUT2D eigenvalue weighted by Gasteiger charge is -2.52. The fourth-order valence-corrected chi connectivity index (χ4v) is 4.30. The summed E-state index contributed by atoms with van der Waals surface area (Å²) in [5.74, 6) is 0.578. The Morgan fingerprint density at radius 1 is 0.955 bits per heavy atom. The largest absolute Gasteiger partial charge is 0.360 e. The van der Waals surface area contributed by atoms with Gasteiger partial charge in [-0.2, -0.15) is 0 Å². The number of piperidine rings is 2. The molecule has 0 aromatic heterocycles. The van der Waals surface area contributed by atoms with Gasteiger partial charge in [-0.15, -0.1) is 0 Å². The van der Waals surface area contributed by atoms with Crippen molar-refractivity contribution in [2.24, 2.45) is 5.92 Å². The van der Waals surface area contributed by atoms with E-state index < -0.39 is 0 Å². The molecule has 112 valence electrons. The first-order chi connectivity index (χ1) is 10.7. The molecule has 3 atom stereocenters. The molecule has 2 heterocycles. The van der Waals surface area contributed by atoms with Crippen molar-refractivity contribution in [3.05, 3.63) is 64.6 Å². The molecule has 5 rings (SSSR count). The van der Waals surface area contributed by atoms with Crippen LogP contribution in [0.25, 0.3) is 0 Å². The molecular weight excluding hydrogens is 338 g/mol. The molecule has 0 amide bonds. The lowest BCUT2D eigenvalue weighted by molar-refractivity contribution is -0.128. The number of hydrogen-bond donors (Lipinski definition) is 0. The second-order valence-electron chi connectivity index (χ2n) is 6.25. The van der Waals surface area contributed by atoms with Crippen molar-refractivity contribution in [3.8, 4) is 0 Å². The van der Waals surface area contributed by atoms with E-state index >= 15 is 0 Å². The minimum atomic E-state index is 0.135. The maximum absolute atomic E-state index is 12.4. The van der Waals surface area contributed by atoms with Gasteiger partial charge in [0, 0.05) is 28.5 Å². The van der Waals surface area contributed by atoms with E-state index in [0.29, 0.717) is 18.2 Å². The maximum atomic E-state index is 12.4. The molecule has 22 heavy (non-hydrogen) atoms. The van der Waals surface area contributed by atoms with Crippen molar-refractivity contribution >= 4 is 27.4 Å². The Kier molecular flexibility index (Phi) is 3.53. The van der Waals surface area contributed by atoms with Crippen LogP contribution in [0.2, 0.25) is 0 Å². The van der Waals surface area contributed by atoms with Gasteiger partial charge >= 0.3 is 0 Å². The van der Waals surface area contributed by atoms with Gasteiger partial charge in [0.05, 0.1) is 6.04 Å². The summed E-state index contributed by atoms with van der Waals surface area (Å²) in [6.07, 6.45) is 2.84. The monoisotopic (exact) mass is 355 g/mol. The molecule has 1 saturated carbocycles. The van der Waals surface area contributed by atoms with Crippen LogP contribution in [0.5, 0.6) is 0 Å². The molecule has 2 saturated heterocycles. The molecule has 1 aliphatic carbocycles. The molecule has 2 nitrogen and oxygen atoms in total. The summed E-state index contributed by atoms with van der Waals surface area (Å²) >= 11 is 3.51. The second-order valence-corrected chi connectivity index (χ2v) is 7.16. The Balaban J connectivity index is 1.80. The number of ketones is 1. The molecule has 2 bridgehead atoms. The number of rotatable bonds is 2. The van der Waals surface area contributed by atoms with Crippen molar-refractivity contribution in [3.63, 3.8) is 0 Å². The van der Waals surface area contributed by atoms with Gasteiger partial charge in [0.25, 0.3) is 0 Å². The molecule has 2 aromatic carbocycles. The first-order valence-electron chi connectivity index (χ1n) is 7.85. The fourth-order valence-electron chi connectivity index (χ4n) is 4.04. The summed E-state index contributed by atoms with van der Waals surface area (Å²) in [6, 6.07) is 19.5. The third-order valence-electron chi connectivity index (χ3n) is 5.00. The Hall–Kier alpha value is -1.61. The number of hydrogen-bond acceptors (Lipinski definition) is 2. The zero-order chi connectivity index (χ0) is 15.1. The summed E-state index contributed by atoms with van der Waals surface area (Å²) < 4.78 is 1.09. The highest BCUT2D eigenvalue weighted by Crippen LogP contribution is 2.47. The van der Waals surface area contributed by atoms with E-state index in [0.717, 1.165) is 17.3 Å². The van der Waals surface area contributed by atoms with E-state index in [1.807, 2.05) is 6.07 Å². The van der Waals surface area contributed by atoms with Crippen molar-refractivity contribution < 1.29 is 4.79 Å². The summed E-state index contributed by atoms with van der Waals surface area (Å²) in [6.45, 7) is 0. The van der Waals surface area contributed by atoms with Crippen LogP contribution in [0.3, 0.4) is 0 Å². The van der Waals surface area contributed by atoms with Crippen molar-refractivity contribution in [2.45, 2.75) is 31.3 Å². The average Bonchev–Trinajstić information content (AvgIpc) is 2.56. The molecule has 0 N–H and O–H groups in total. The highest BCUT2D eigenvalue weighted by molar-refractivity contribution is 9.10. The topological polar surface area (TPSA) is 20.3 Å². The van der Waals surface area contributed by atoms with Gasteiger partial charge in [-0.05, 0) is 42.7 Å². The minimum absolute atomic E-state index is 0.135. The van der Waals surface area contributed by atoms with Gasteiger partial charge in [0.1, 0.15) is 5.78 Å². The van der Waals surface area contributed by atoms with Crippen LogP contribution in [-0.4, -0.2) is 11.8 Å². The standard InChI is InChI=1S/C19H18BrNO/c20-14-6-8-15(9-7-14)21-16-10-11-17(18(22)12-16)19(21)13-4-2-1-3-5-13/h1-9,16-17,19H,10-12H2/t16-,17+,19-/m0/s1. The molecule has 3 fully saturated rings. The number of benzene rings is 2. The van der Waals surface area contributed by atoms with Crippen molar-refractivity contribution in [2.75, 3.05) is 4.90 Å². The Morgan fingerprint density at radius 3 is 2.36 bits per heavy atom. The zero-order valence-electron chi connectivity index (χ0n) is 12.3. The first-order valence-corrected chi connectivity index (χ1v) is 8.65. The number of fused-ring (bicyclic) bond motifs is 3. The molecular formula is C19H18BrNO. The number of halogens is 1. The van der Waals surface area contributed by atoms with E-state index in [4.69, 9.17) is 0 Å². The van der Waals surface area contributed by atoms with Gasteiger partial charge in [-0.3, -0.25) is 4.79 Å². The van der Waals surface area contributed by atoms with Crippen LogP contribution in [0.1, 0.15) is 30.9 Å². The van der Waals surface area contributed by atoms with Crippen LogP contribution in [0.15, 0.2) is 59.1 Å². The summed E-state index contributed by atoms with van der Waals surface area (Å²) in [5.41, 5.74) is 2.48. The van der Waals surface area contributed by atoms with Crippen LogP contribution < -0.4 is 4.90 Å². The van der Waals surface area contributed by atoms with Crippen molar-refractivity contribution in [1.29, 1.82) is 0 Å².